The summed E-state index contributed by atoms with van der Waals surface area (Å²) in [6.07, 6.45) is 3.79. The molecule has 20 heavy (non-hydrogen) atoms. The van der Waals surface area contributed by atoms with Gasteiger partial charge in [-0.2, -0.15) is 0 Å². The Morgan fingerprint density at radius 1 is 1.35 bits per heavy atom. The Morgan fingerprint density at radius 3 is 2.75 bits per heavy atom. The van der Waals surface area contributed by atoms with Crippen molar-refractivity contribution in [3.05, 3.63) is 28.8 Å². The largest absolute Gasteiger partial charge is 0.496 e. The lowest BCUT2D eigenvalue weighted by atomic mass is 9.70. The zero-order valence-corrected chi connectivity index (χ0v) is 13.8. The molecule has 2 nitrogen and oxygen atoms in total. The zero-order chi connectivity index (χ0) is 14.8. The molecule has 112 valence electrons. The van der Waals surface area contributed by atoms with E-state index in [1.165, 1.54) is 19.3 Å². The number of hydrogen-bond donors (Lipinski definition) is 1. The van der Waals surface area contributed by atoms with Crippen molar-refractivity contribution < 1.29 is 4.74 Å². The Bertz CT molecular complexity index is 458. The lowest BCUT2D eigenvalue weighted by Gasteiger charge is -2.39. The second-order valence-corrected chi connectivity index (χ2v) is 7.32. The highest BCUT2D eigenvalue weighted by Gasteiger charge is 2.31. The quantitative estimate of drug-likeness (QED) is 0.873. The van der Waals surface area contributed by atoms with Crippen LogP contribution in [0, 0.1) is 11.3 Å². The summed E-state index contributed by atoms with van der Waals surface area (Å²) in [7, 11) is 1.70. The molecule has 0 spiro atoms. The van der Waals surface area contributed by atoms with Crippen LogP contribution < -0.4 is 10.1 Å². The van der Waals surface area contributed by atoms with E-state index >= 15 is 0 Å². The minimum atomic E-state index is 0.430. The Morgan fingerprint density at radius 2 is 2.10 bits per heavy atom. The molecule has 1 aromatic carbocycles. The highest BCUT2D eigenvalue weighted by Crippen LogP contribution is 2.38. The number of benzene rings is 1. The monoisotopic (exact) mass is 295 g/mol. The van der Waals surface area contributed by atoms with Crippen LogP contribution in [0.4, 0.5) is 0 Å². The van der Waals surface area contributed by atoms with Crippen molar-refractivity contribution in [3.8, 4) is 5.75 Å². The van der Waals surface area contributed by atoms with Crippen LogP contribution in [-0.2, 0) is 6.54 Å². The van der Waals surface area contributed by atoms with Crippen molar-refractivity contribution in [3.63, 3.8) is 0 Å². The first-order valence-electron chi connectivity index (χ1n) is 7.46. The minimum Gasteiger partial charge on any atom is -0.496 e. The van der Waals surface area contributed by atoms with E-state index in [2.05, 4.69) is 26.1 Å². The molecule has 2 unspecified atom stereocenters. The van der Waals surface area contributed by atoms with Gasteiger partial charge in [0.1, 0.15) is 5.75 Å². The third-order valence-electron chi connectivity index (χ3n) is 4.25. The Balaban J connectivity index is 2.02. The predicted molar refractivity (Wildman–Crippen MR) is 85.4 cm³/mol. The fraction of sp³-hybridized carbons (Fsp3) is 0.647. The summed E-state index contributed by atoms with van der Waals surface area (Å²) < 4.78 is 5.40. The summed E-state index contributed by atoms with van der Waals surface area (Å²) in [6, 6.07) is 6.39. The van der Waals surface area contributed by atoms with E-state index in [9.17, 15) is 0 Å². The Hall–Kier alpha value is -0.730. The van der Waals surface area contributed by atoms with Crippen molar-refractivity contribution in [2.24, 2.45) is 11.3 Å². The van der Waals surface area contributed by atoms with Crippen LogP contribution in [0.15, 0.2) is 18.2 Å². The molecule has 1 saturated carbocycles. The second kappa shape index (κ2) is 6.36. The number of hydrogen-bond acceptors (Lipinski definition) is 2. The molecule has 0 aromatic heterocycles. The van der Waals surface area contributed by atoms with Crippen LogP contribution in [0.25, 0.3) is 0 Å². The SMILES string of the molecule is COc1cccc(Cl)c1CNC1CC(C)CC(C)(C)C1. The average Bonchev–Trinajstić information content (AvgIpc) is 2.34. The molecular weight excluding hydrogens is 270 g/mol. The molecule has 0 radical (unpaired) electrons. The standard InChI is InChI=1S/C17H26ClNO/c1-12-8-13(10-17(2,3)9-12)19-11-14-15(18)6-5-7-16(14)20-4/h5-7,12-13,19H,8-11H2,1-4H3. The molecule has 1 N–H and O–H groups in total. The molecule has 0 saturated heterocycles. The molecule has 0 bridgehead atoms. The molecule has 3 heteroatoms. The molecule has 1 aromatic rings. The maximum Gasteiger partial charge on any atom is 0.124 e. The number of nitrogens with one attached hydrogen (secondary N) is 1. The predicted octanol–water partition coefficient (Wildman–Crippen LogP) is 4.65. The maximum absolute atomic E-state index is 6.29. The fourth-order valence-corrected chi connectivity index (χ4v) is 3.88. The van der Waals surface area contributed by atoms with Crippen LogP contribution in [0.2, 0.25) is 5.02 Å². The van der Waals surface area contributed by atoms with Crippen LogP contribution >= 0.6 is 11.6 Å². The summed E-state index contributed by atoms with van der Waals surface area (Å²) >= 11 is 6.29. The van der Waals surface area contributed by atoms with E-state index < -0.39 is 0 Å². The molecule has 1 fully saturated rings. The van der Waals surface area contributed by atoms with Gasteiger partial charge in [-0.15, -0.1) is 0 Å². The first-order valence-corrected chi connectivity index (χ1v) is 7.84. The van der Waals surface area contributed by atoms with E-state index in [1.807, 2.05) is 18.2 Å². The van der Waals surface area contributed by atoms with Gasteiger partial charge in [-0.05, 0) is 42.7 Å². The lowest BCUT2D eigenvalue weighted by Crippen LogP contribution is -2.39. The molecule has 1 aliphatic rings. The minimum absolute atomic E-state index is 0.430. The summed E-state index contributed by atoms with van der Waals surface area (Å²) in [5.41, 5.74) is 1.49. The first kappa shape index (κ1) is 15.7. The van der Waals surface area contributed by atoms with Gasteiger partial charge in [-0.1, -0.05) is 38.4 Å². The van der Waals surface area contributed by atoms with Crippen LogP contribution in [0.3, 0.4) is 0 Å². The highest BCUT2D eigenvalue weighted by molar-refractivity contribution is 6.31. The van der Waals surface area contributed by atoms with Gasteiger partial charge < -0.3 is 10.1 Å². The number of rotatable bonds is 4. The molecule has 1 aliphatic carbocycles. The summed E-state index contributed by atoms with van der Waals surface area (Å²) in [5.74, 6) is 1.65. The molecule has 0 heterocycles. The van der Waals surface area contributed by atoms with Gasteiger partial charge in [0.15, 0.2) is 0 Å². The van der Waals surface area contributed by atoms with Gasteiger partial charge in [-0.3, -0.25) is 0 Å². The number of ether oxygens (including phenoxy) is 1. The van der Waals surface area contributed by atoms with E-state index in [4.69, 9.17) is 16.3 Å². The van der Waals surface area contributed by atoms with Crippen molar-refractivity contribution in [1.29, 1.82) is 0 Å². The fourth-order valence-electron chi connectivity index (χ4n) is 3.65. The van der Waals surface area contributed by atoms with Crippen molar-refractivity contribution >= 4 is 11.6 Å². The van der Waals surface area contributed by atoms with Crippen molar-refractivity contribution in [1.82, 2.24) is 5.32 Å². The van der Waals surface area contributed by atoms with E-state index in [-0.39, 0.29) is 0 Å². The molecule has 0 amide bonds. The zero-order valence-electron chi connectivity index (χ0n) is 13.0. The Kier molecular flexibility index (Phi) is 4.98. The molecular formula is C17H26ClNO. The second-order valence-electron chi connectivity index (χ2n) is 6.91. The summed E-state index contributed by atoms with van der Waals surface area (Å²) in [5, 5.41) is 4.45. The van der Waals surface area contributed by atoms with Gasteiger partial charge in [0.2, 0.25) is 0 Å². The lowest BCUT2D eigenvalue weighted by molar-refractivity contribution is 0.150. The van der Waals surface area contributed by atoms with Crippen molar-refractivity contribution in [2.75, 3.05) is 7.11 Å². The van der Waals surface area contributed by atoms with E-state index in [1.54, 1.807) is 7.11 Å². The smallest absolute Gasteiger partial charge is 0.124 e. The summed E-state index contributed by atoms with van der Waals surface area (Å²) in [4.78, 5) is 0. The number of methoxy groups -OCH3 is 1. The third kappa shape index (κ3) is 3.89. The van der Waals surface area contributed by atoms with Crippen molar-refractivity contribution in [2.45, 2.75) is 52.6 Å². The molecule has 2 atom stereocenters. The third-order valence-corrected chi connectivity index (χ3v) is 4.60. The maximum atomic E-state index is 6.29. The first-order chi connectivity index (χ1) is 9.41. The summed E-state index contributed by atoms with van der Waals surface area (Å²) in [6.45, 7) is 7.86. The van der Waals surface area contributed by atoms with Gasteiger partial charge in [0.05, 0.1) is 7.11 Å². The van der Waals surface area contributed by atoms with E-state index in [0.29, 0.717) is 11.5 Å². The van der Waals surface area contributed by atoms with E-state index in [0.717, 1.165) is 28.8 Å². The normalized spacial score (nSPS) is 25.4. The van der Waals surface area contributed by atoms with Crippen LogP contribution in [-0.4, -0.2) is 13.2 Å². The van der Waals surface area contributed by atoms with Crippen LogP contribution in [0.5, 0.6) is 5.75 Å². The van der Waals surface area contributed by atoms with Gasteiger partial charge in [0, 0.05) is 23.2 Å². The average molecular weight is 296 g/mol. The molecule has 2 rings (SSSR count). The topological polar surface area (TPSA) is 21.3 Å². The Labute approximate surface area is 127 Å². The molecule has 0 aliphatic heterocycles. The van der Waals surface area contributed by atoms with Gasteiger partial charge in [0.25, 0.3) is 0 Å². The van der Waals surface area contributed by atoms with Crippen LogP contribution in [0.1, 0.15) is 45.6 Å². The van der Waals surface area contributed by atoms with Gasteiger partial charge in [-0.25, -0.2) is 0 Å². The highest BCUT2D eigenvalue weighted by atomic mass is 35.5. The number of halogens is 1. The van der Waals surface area contributed by atoms with Gasteiger partial charge >= 0.3 is 0 Å².